The second-order valence-electron chi connectivity index (χ2n) is 6.79. The van der Waals surface area contributed by atoms with E-state index in [0.717, 1.165) is 5.56 Å². The Balaban J connectivity index is 2.26. The van der Waals surface area contributed by atoms with E-state index in [9.17, 15) is 19.2 Å². The summed E-state index contributed by atoms with van der Waals surface area (Å²) in [5, 5.41) is 2.57. The number of esters is 2. The highest BCUT2D eigenvalue weighted by molar-refractivity contribution is 6.34. The number of nitrogens with zero attached hydrogens (tertiary/aromatic N) is 1. The predicted octanol–water partition coefficient (Wildman–Crippen LogP) is 3.08. The lowest BCUT2D eigenvalue weighted by Gasteiger charge is -2.17. The van der Waals surface area contributed by atoms with Crippen LogP contribution in [0, 0.1) is 6.92 Å². The maximum absolute atomic E-state index is 12.8. The molecule has 9 heteroatoms. The summed E-state index contributed by atoms with van der Waals surface area (Å²) in [6.07, 6.45) is -1.86. The summed E-state index contributed by atoms with van der Waals surface area (Å²) in [6, 6.07) is 10.7. The molecule has 31 heavy (non-hydrogen) atoms. The molecule has 0 aliphatic rings. The molecule has 164 valence electrons. The van der Waals surface area contributed by atoms with Gasteiger partial charge < -0.3 is 19.7 Å². The molecular formula is C22H23ClN2O6. The number of carbonyl (C=O) groups is 4. The molecule has 0 aromatic heterocycles. The first kappa shape index (κ1) is 23.9. The third-order valence-electron chi connectivity index (χ3n) is 4.13. The van der Waals surface area contributed by atoms with Crippen molar-refractivity contribution in [3.05, 3.63) is 64.2 Å². The number of hydrogen-bond acceptors (Lipinski definition) is 6. The van der Waals surface area contributed by atoms with Crippen LogP contribution in [0.4, 0.5) is 5.69 Å². The van der Waals surface area contributed by atoms with Crippen molar-refractivity contribution >= 4 is 41.0 Å². The van der Waals surface area contributed by atoms with Crippen LogP contribution in [0.1, 0.15) is 33.2 Å². The largest absolute Gasteiger partial charge is 0.463 e. The van der Waals surface area contributed by atoms with E-state index in [1.54, 1.807) is 33.2 Å². The SMILES string of the molecule is CCOC(=O)C(OC(=O)c1ccc(C)cc1)C(=O)Nc1cc(C(=O)N(C)C)ccc1Cl. The first-order chi connectivity index (χ1) is 14.6. The molecule has 1 atom stereocenters. The highest BCUT2D eigenvalue weighted by atomic mass is 35.5. The van der Waals surface area contributed by atoms with Gasteiger partial charge in [0.1, 0.15) is 0 Å². The van der Waals surface area contributed by atoms with Crippen LogP contribution in [0.5, 0.6) is 0 Å². The van der Waals surface area contributed by atoms with Gasteiger partial charge in [-0.25, -0.2) is 9.59 Å². The maximum atomic E-state index is 12.8. The highest BCUT2D eigenvalue weighted by Crippen LogP contribution is 2.24. The molecule has 0 bridgehead atoms. The summed E-state index contributed by atoms with van der Waals surface area (Å²) in [4.78, 5) is 51.0. The van der Waals surface area contributed by atoms with Gasteiger partial charge in [0.15, 0.2) is 0 Å². The first-order valence-electron chi connectivity index (χ1n) is 9.40. The fourth-order valence-corrected chi connectivity index (χ4v) is 2.67. The Morgan fingerprint density at radius 3 is 2.23 bits per heavy atom. The average molecular weight is 447 g/mol. The van der Waals surface area contributed by atoms with Gasteiger partial charge in [0.25, 0.3) is 17.9 Å². The molecule has 0 aliphatic carbocycles. The lowest BCUT2D eigenvalue weighted by molar-refractivity contribution is -0.157. The maximum Gasteiger partial charge on any atom is 0.357 e. The van der Waals surface area contributed by atoms with Crippen LogP contribution in [0.2, 0.25) is 5.02 Å². The van der Waals surface area contributed by atoms with Crippen molar-refractivity contribution in [3.8, 4) is 0 Å². The van der Waals surface area contributed by atoms with E-state index in [1.807, 2.05) is 6.92 Å². The zero-order valence-corrected chi connectivity index (χ0v) is 18.4. The van der Waals surface area contributed by atoms with Crippen molar-refractivity contribution in [3.63, 3.8) is 0 Å². The number of amides is 2. The van der Waals surface area contributed by atoms with E-state index < -0.39 is 23.9 Å². The zero-order valence-electron chi connectivity index (χ0n) is 17.6. The average Bonchev–Trinajstić information content (AvgIpc) is 2.73. The lowest BCUT2D eigenvalue weighted by atomic mass is 10.1. The normalized spacial score (nSPS) is 11.3. The van der Waals surface area contributed by atoms with Gasteiger partial charge in [-0.05, 0) is 44.2 Å². The van der Waals surface area contributed by atoms with E-state index in [0.29, 0.717) is 0 Å². The summed E-state index contributed by atoms with van der Waals surface area (Å²) >= 11 is 6.12. The number of carbonyl (C=O) groups excluding carboxylic acids is 4. The summed E-state index contributed by atoms with van der Waals surface area (Å²) in [6.45, 7) is 3.39. The second-order valence-corrected chi connectivity index (χ2v) is 7.19. The molecule has 0 aliphatic heterocycles. The minimum absolute atomic E-state index is 0.0156. The molecule has 0 radical (unpaired) electrons. The summed E-state index contributed by atoms with van der Waals surface area (Å²) < 4.78 is 10.0. The molecule has 2 aromatic rings. The Labute approximate surface area is 185 Å². The molecule has 2 rings (SSSR count). The Morgan fingerprint density at radius 2 is 1.65 bits per heavy atom. The topological polar surface area (TPSA) is 102 Å². The molecule has 8 nitrogen and oxygen atoms in total. The number of benzene rings is 2. The van der Waals surface area contributed by atoms with Crippen LogP contribution in [0.25, 0.3) is 0 Å². The van der Waals surface area contributed by atoms with Gasteiger partial charge in [-0.15, -0.1) is 0 Å². The van der Waals surface area contributed by atoms with Crippen LogP contribution in [-0.4, -0.2) is 55.5 Å². The van der Waals surface area contributed by atoms with Crippen molar-refractivity contribution in [1.29, 1.82) is 0 Å². The Morgan fingerprint density at radius 1 is 1.03 bits per heavy atom. The molecule has 0 saturated carbocycles. The summed E-state index contributed by atoms with van der Waals surface area (Å²) in [5.41, 5.74) is 1.46. The number of anilines is 1. The Hall–Kier alpha value is -3.39. The quantitative estimate of drug-likeness (QED) is 0.518. The lowest BCUT2D eigenvalue weighted by Crippen LogP contribution is -2.40. The van der Waals surface area contributed by atoms with Crippen molar-refractivity contribution in [1.82, 2.24) is 4.90 Å². The fraction of sp³-hybridized carbons (Fsp3) is 0.273. The van der Waals surface area contributed by atoms with Crippen molar-refractivity contribution in [2.24, 2.45) is 0 Å². The third-order valence-corrected chi connectivity index (χ3v) is 4.46. The number of aryl methyl sites for hydroxylation is 1. The molecule has 1 unspecified atom stereocenters. The van der Waals surface area contributed by atoms with E-state index >= 15 is 0 Å². The van der Waals surface area contributed by atoms with Crippen LogP contribution < -0.4 is 5.32 Å². The van der Waals surface area contributed by atoms with Crippen LogP contribution in [0.3, 0.4) is 0 Å². The van der Waals surface area contributed by atoms with Gasteiger partial charge in [-0.2, -0.15) is 0 Å². The van der Waals surface area contributed by atoms with E-state index in [-0.39, 0.29) is 34.4 Å². The van der Waals surface area contributed by atoms with Gasteiger partial charge in [-0.1, -0.05) is 29.3 Å². The number of ether oxygens (including phenoxy) is 2. The second kappa shape index (κ2) is 10.6. The van der Waals surface area contributed by atoms with E-state index in [1.165, 1.54) is 35.2 Å². The molecule has 0 fully saturated rings. The van der Waals surface area contributed by atoms with Gasteiger partial charge in [0.2, 0.25) is 0 Å². The fourth-order valence-electron chi connectivity index (χ4n) is 2.50. The number of halogens is 1. The van der Waals surface area contributed by atoms with Crippen LogP contribution in [-0.2, 0) is 19.1 Å². The highest BCUT2D eigenvalue weighted by Gasteiger charge is 2.33. The summed E-state index contributed by atoms with van der Waals surface area (Å²) in [5.74, 6) is -3.16. The van der Waals surface area contributed by atoms with E-state index in [4.69, 9.17) is 21.1 Å². The van der Waals surface area contributed by atoms with Crippen LogP contribution in [0.15, 0.2) is 42.5 Å². The smallest absolute Gasteiger partial charge is 0.357 e. The monoisotopic (exact) mass is 446 g/mol. The van der Waals surface area contributed by atoms with Crippen LogP contribution >= 0.6 is 11.6 Å². The van der Waals surface area contributed by atoms with Crippen molar-refractivity contribution < 1.29 is 28.7 Å². The molecule has 0 spiro atoms. The zero-order chi connectivity index (χ0) is 23.1. The Kier molecular flexibility index (Phi) is 8.15. The first-order valence-corrected chi connectivity index (χ1v) is 9.78. The minimum atomic E-state index is -1.86. The van der Waals surface area contributed by atoms with Gasteiger partial charge in [-0.3, -0.25) is 9.59 Å². The molecule has 0 heterocycles. The standard InChI is InChI=1S/C22H23ClN2O6/c1-5-30-22(29)18(31-21(28)14-8-6-13(2)7-9-14)19(26)24-17-12-15(10-11-16(17)23)20(27)25(3)4/h6-12,18H,5H2,1-4H3,(H,24,26). The molecular weight excluding hydrogens is 424 g/mol. The number of nitrogens with one attached hydrogen (secondary N) is 1. The number of hydrogen-bond donors (Lipinski definition) is 1. The Bertz CT molecular complexity index is 988. The molecule has 0 saturated heterocycles. The van der Waals surface area contributed by atoms with Gasteiger partial charge >= 0.3 is 11.9 Å². The summed E-state index contributed by atoms with van der Waals surface area (Å²) in [7, 11) is 3.16. The van der Waals surface area contributed by atoms with Crippen molar-refractivity contribution in [2.45, 2.75) is 20.0 Å². The molecule has 2 amide bonds. The third kappa shape index (κ3) is 6.29. The van der Waals surface area contributed by atoms with Gasteiger partial charge in [0, 0.05) is 19.7 Å². The number of rotatable bonds is 7. The molecule has 2 aromatic carbocycles. The van der Waals surface area contributed by atoms with Crippen molar-refractivity contribution in [2.75, 3.05) is 26.0 Å². The minimum Gasteiger partial charge on any atom is -0.463 e. The molecule has 1 N–H and O–H groups in total. The van der Waals surface area contributed by atoms with E-state index in [2.05, 4.69) is 5.32 Å². The predicted molar refractivity (Wildman–Crippen MR) is 115 cm³/mol. The van der Waals surface area contributed by atoms with Gasteiger partial charge in [0.05, 0.1) is 22.9 Å².